The summed E-state index contributed by atoms with van der Waals surface area (Å²) < 4.78 is 53.6. The Bertz CT molecular complexity index is 1610. The molecular formula is C28H23F3O4S2. The Morgan fingerprint density at radius 2 is 1.86 bits per heavy atom. The number of alkyl halides is 3. The normalized spacial score (nSPS) is 24.1. The van der Waals surface area contributed by atoms with Gasteiger partial charge in [0.25, 0.3) is 0 Å². The summed E-state index contributed by atoms with van der Waals surface area (Å²) in [5.74, 6) is -1.23. The van der Waals surface area contributed by atoms with Crippen LogP contribution in [-0.4, -0.2) is 24.2 Å². The fourth-order valence-electron chi connectivity index (χ4n) is 5.37. The van der Waals surface area contributed by atoms with E-state index in [4.69, 9.17) is 9.47 Å². The molecule has 0 aliphatic heterocycles. The van der Waals surface area contributed by atoms with Gasteiger partial charge in [-0.15, -0.1) is 22.7 Å². The lowest BCUT2D eigenvalue weighted by molar-refractivity contribution is -0.175. The molecule has 4 unspecified atom stereocenters. The summed E-state index contributed by atoms with van der Waals surface area (Å²) >= 11 is 3.37. The Morgan fingerprint density at radius 3 is 2.65 bits per heavy atom. The number of rotatable bonds is 4. The van der Waals surface area contributed by atoms with Crippen LogP contribution in [0, 0.1) is 11.8 Å². The lowest BCUT2D eigenvalue weighted by Gasteiger charge is -2.32. The van der Waals surface area contributed by atoms with Crippen LogP contribution in [0.3, 0.4) is 0 Å². The van der Waals surface area contributed by atoms with Gasteiger partial charge < -0.3 is 9.47 Å². The molecule has 4 nitrogen and oxygen atoms in total. The van der Waals surface area contributed by atoms with Crippen molar-refractivity contribution in [2.24, 2.45) is 11.8 Å². The Hall–Kier alpha value is -2.91. The van der Waals surface area contributed by atoms with Gasteiger partial charge in [0.2, 0.25) is 0 Å². The number of esters is 2. The molecule has 37 heavy (non-hydrogen) atoms. The number of hydrogen-bond donors (Lipinski definition) is 0. The Morgan fingerprint density at radius 1 is 1.03 bits per heavy atom. The van der Waals surface area contributed by atoms with Crippen LogP contribution in [0.4, 0.5) is 13.2 Å². The minimum Gasteiger partial charge on any atom is -0.461 e. The zero-order valence-electron chi connectivity index (χ0n) is 19.8. The van der Waals surface area contributed by atoms with Crippen LogP contribution in [-0.2, 0) is 19.1 Å². The van der Waals surface area contributed by atoms with E-state index in [1.807, 2.05) is 24.3 Å². The van der Waals surface area contributed by atoms with Crippen LogP contribution < -0.4 is 9.75 Å². The number of hydrogen-bond acceptors (Lipinski definition) is 6. The molecule has 3 aromatic rings. The Kier molecular flexibility index (Phi) is 6.03. The van der Waals surface area contributed by atoms with Crippen molar-refractivity contribution in [3.63, 3.8) is 0 Å². The molecule has 3 aliphatic carbocycles. The molecule has 0 amide bonds. The maximum absolute atomic E-state index is 12.7. The SMILES string of the molecule is CCC(=O)OC1CC=CC2C=c3sc4c(sc5cc6c(cc54)C(OC(=O)CC(F)(F)F)CC=C6)c3=CC21. The van der Waals surface area contributed by atoms with Crippen molar-refractivity contribution in [3.05, 3.63) is 51.2 Å². The first-order valence-corrected chi connectivity index (χ1v) is 13.8. The van der Waals surface area contributed by atoms with Crippen molar-refractivity contribution < 1.29 is 32.2 Å². The fraction of sp³-hybridized carbons (Fsp3) is 0.357. The van der Waals surface area contributed by atoms with E-state index >= 15 is 0 Å². The first-order valence-electron chi connectivity index (χ1n) is 12.2. The maximum atomic E-state index is 12.7. The molecule has 0 bridgehead atoms. The number of ether oxygens (including phenoxy) is 2. The van der Waals surface area contributed by atoms with Crippen LogP contribution in [0.25, 0.3) is 37.7 Å². The summed E-state index contributed by atoms with van der Waals surface area (Å²) in [5.41, 5.74) is 1.58. The van der Waals surface area contributed by atoms with Crippen LogP contribution in [0.2, 0.25) is 0 Å². The molecule has 0 N–H and O–H groups in total. The predicted octanol–water partition coefficient (Wildman–Crippen LogP) is 6.16. The molecule has 6 rings (SSSR count). The van der Waals surface area contributed by atoms with E-state index in [9.17, 15) is 22.8 Å². The molecule has 2 heterocycles. The number of carbonyl (C=O) groups is 2. The Balaban J connectivity index is 1.41. The minimum atomic E-state index is -4.60. The molecule has 0 saturated heterocycles. The molecule has 0 fully saturated rings. The molecule has 9 heteroatoms. The van der Waals surface area contributed by atoms with Crippen molar-refractivity contribution in [3.8, 4) is 0 Å². The summed E-state index contributed by atoms with van der Waals surface area (Å²) in [6.45, 7) is 1.80. The summed E-state index contributed by atoms with van der Waals surface area (Å²) in [6.07, 6.45) is 6.74. The van der Waals surface area contributed by atoms with Crippen molar-refractivity contribution in [2.45, 2.75) is 51.0 Å². The number of benzene rings is 1. The van der Waals surface area contributed by atoms with Gasteiger partial charge in [0, 0.05) is 56.5 Å². The standard InChI is InChI=1S/C28H23F3O4S2/c1-2-24(32)34-20-7-3-5-14-9-22-18(11-16(14)20)26-27(36-22)19-12-17-15(10-23(19)37-26)6-4-8-21(17)35-25(33)13-28(29,30)31/h3-6,9-12,14,16,20-21H,2,7-8,13H2,1H3. The van der Waals surface area contributed by atoms with Gasteiger partial charge in [0.1, 0.15) is 18.6 Å². The second-order valence-corrected chi connectivity index (χ2v) is 11.7. The Labute approximate surface area is 218 Å². The molecule has 2 aromatic heterocycles. The highest BCUT2D eigenvalue weighted by Gasteiger charge is 2.35. The van der Waals surface area contributed by atoms with E-state index in [1.54, 1.807) is 29.6 Å². The van der Waals surface area contributed by atoms with Gasteiger partial charge >= 0.3 is 18.1 Å². The zero-order valence-corrected chi connectivity index (χ0v) is 21.5. The van der Waals surface area contributed by atoms with Crippen molar-refractivity contribution in [2.75, 3.05) is 0 Å². The van der Waals surface area contributed by atoms with Gasteiger partial charge in [-0.1, -0.05) is 43.4 Å². The van der Waals surface area contributed by atoms with Crippen LogP contribution >= 0.6 is 22.7 Å². The number of allylic oxidation sites excluding steroid dienone is 1. The predicted molar refractivity (Wildman–Crippen MR) is 139 cm³/mol. The van der Waals surface area contributed by atoms with Gasteiger partial charge in [0.05, 0.1) is 9.40 Å². The third-order valence-electron chi connectivity index (χ3n) is 7.06. The first kappa shape index (κ1) is 24.4. The lowest BCUT2D eigenvalue weighted by atomic mass is 9.79. The summed E-state index contributed by atoms with van der Waals surface area (Å²) in [7, 11) is 0. The quantitative estimate of drug-likeness (QED) is 0.292. The number of halogens is 3. The zero-order chi connectivity index (χ0) is 25.9. The number of carbonyl (C=O) groups excluding carboxylic acids is 2. The summed E-state index contributed by atoms with van der Waals surface area (Å²) in [5, 5.41) is 2.16. The molecule has 0 saturated carbocycles. The number of fused-ring (bicyclic) bond motifs is 7. The van der Waals surface area contributed by atoms with Gasteiger partial charge in [0.15, 0.2) is 0 Å². The molecule has 0 spiro atoms. The lowest BCUT2D eigenvalue weighted by Crippen LogP contribution is -2.38. The highest BCUT2D eigenvalue weighted by atomic mass is 32.1. The van der Waals surface area contributed by atoms with Crippen molar-refractivity contribution >= 4 is 72.3 Å². The highest BCUT2D eigenvalue weighted by Crippen LogP contribution is 2.41. The fourth-order valence-corrected chi connectivity index (χ4v) is 8.12. The van der Waals surface area contributed by atoms with E-state index < -0.39 is 24.7 Å². The van der Waals surface area contributed by atoms with Crippen molar-refractivity contribution in [1.82, 2.24) is 0 Å². The van der Waals surface area contributed by atoms with E-state index in [0.717, 1.165) is 35.8 Å². The molecule has 0 radical (unpaired) electrons. The topological polar surface area (TPSA) is 52.6 Å². The second kappa shape index (κ2) is 9.13. The van der Waals surface area contributed by atoms with Crippen LogP contribution in [0.15, 0.2) is 30.4 Å². The smallest absolute Gasteiger partial charge is 0.399 e. The van der Waals surface area contributed by atoms with E-state index in [1.165, 1.54) is 4.53 Å². The van der Waals surface area contributed by atoms with Crippen LogP contribution in [0.5, 0.6) is 0 Å². The van der Waals surface area contributed by atoms with Gasteiger partial charge in [-0.3, -0.25) is 9.59 Å². The van der Waals surface area contributed by atoms with Gasteiger partial charge in [-0.25, -0.2) is 0 Å². The van der Waals surface area contributed by atoms with Crippen LogP contribution in [0.1, 0.15) is 49.8 Å². The highest BCUT2D eigenvalue weighted by molar-refractivity contribution is 7.32. The van der Waals surface area contributed by atoms with E-state index in [2.05, 4.69) is 24.3 Å². The van der Waals surface area contributed by atoms with E-state index in [-0.39, 0.29) is 23.9 Å². The summed E-state index contributed by atoms with van der Waals surface area (Å²) in [6, 6.07) is 4.00. The van der Waals surface area contributed by atoms with Gasteiger partial charge in [-0.05, 0) is 17.7 Å². The second-order valence-electron chi connectivity index (χ2n) is 9.56. The first-order chi connectivity index (χ1) is 17.7. The molecular weight excluding hydrogens is 521 g/mol. The third-order valence-corrected chi connectivity index (χ3v) is 9.58. The average molecular weight is 545 g/mol. The monoisotopic (exact) mass is 544 g/mol. The molecule has 192 valence electrons. The summed E-state index contributed by atoms with van der Waals surface area (Å²) in [4.78, 5) is 23.9. The minimum absolute atomic E-state index is 0.0737. The average Bonchev–Trinajstić information content (AvgIpc) is 3.36. The largest absolute Gasteiger partial charge is 0.461 e. The third kappa shape index (κ3) is 4.52. The van der Waals surface area contributed by atoms with E-state index in [0.29, 0.717) is 19.3 Å². The van der Waals surface area contributed by atoms with Gasteiger partial charge in [-0.2, -0.15) is 13.2 Å². The maximum Gasteiger partial charge on any atom is 0.399 e. The molecule has 4 atom stereocenters. The molecule has 1 aromatic carbocycles. The van der Waals surface area contributed by atoms with Crippen molar-refractivity contribution in [1.29, 1.82) is 0 Å². The molecule has 3 aliphatic rings. The number of thiophene rings is 2.